The maximum atomic E-state index is 5.99. The molecule has 2 heterocycles. The molecule has 0 radical (unpaired) electrons. The van der Waals surface area contributed by atoms with Crippen molar-refractivity contribution in [1.29, 1.82) is 0 Å². The number of hydrogen-bond acceptors (Lipinski definition) is 4. The van der Waals surface area contributed by atoms with E-state index in [9.17, 15) is 0 Å². The molecule has 18 heavy (non-hydrogen) atoms. The fraction of sp³-hybridized carbons (Fsp3) is 0.357. The second kappa shape index (κ2) is 4.14. The van der Waals surface area contributed by atoms with Gasteiger partial charge < -0.3 is 10.2 Å². The van der Waals surface area contributed by atoms with E-state index in [-0.39, 0.29) is 0 Å². The first kappa shape index (κ1) is 11.3. The summed E-state index contributed by atoms with van der Waals surface area (Å²) < 4.78 is 5.62. The Balaban J connectivity index is 1.76. The van der Waals surface area contributed by atoms with Crippen LogP contribution in [0.15, 0.2) is 22.6 Å². The van der Waals surface area contributed by atoms with Gasteiger partial charge in [-0.2, -0.15) is 0 Å². The second-order valence-electron chi connectivity index (χ2n) is 4.88. The smallest absolute Gasteiger partial charge is 0.208 e. The van der Waals surface area contributed by atoms with Gasteiger partial charge in [0, 0.05) is 18.8 Å². The number of aromatic nitrogens is 1. The Morgan fingerprint density at radius 2 is 2.17 bits per heavy atom. The molecule has 4 nitrogen and oxygen atoms in total. The van der Waals surface area contributed by atoms with Crippen LogP contribution in [0.25, 0.3) is 0 Å². The Kier molecular flexibility index (Phi) is 2.59. The second-order valence-corrected chi connectivity index (χ2v) is 4.88. The number of aryl methyl sites for hydroxylation is 2. The standard InChI is InChI=1S/C14H17N3O/c1-9-10(2)18-14(16-9)8-17-6-11-4-3-5-13(15)12(11)7-17/h3-5H,6-8,15H2,1-2H3. The van der Waals surface area contributed by atoms with Crippen LogP contribution in [0.5, 0.6) is 0 Å². The van der Waals surface area contributed by atoms with E-state index >= 15 is 0 Å². The molecule has 94 valence electrons. The molecule has 0 bridgehead atoms. The number of fused-ring (bicyclic) bond motifs is 1. The van der Waals surface area contributed by atoms with Crippen molar-refractivity contribution in [3.8, 4) is 0 Å². The average Bonchev–Trinajstić information content (AvgIpc) is 2.85. The van der Waals surface area contributed by atoms with Crippen molar-refractivity contribution < 1.29 is 4.42 Å². The SMILES string of the molecule is Cc1nc(CN2Cc3cccc(N)c3C2)oc1C. The van der Waals surface area contributed by atoms with E-state index in [2.05, 4.69) is 16.0 Å². The third-order valence-electron chi connectivity index (χ3n) is 3.52. The fourth-order valence-corrected chi connectivity index (χ4v) is 2.43. The number of nitrogens with zero attached hydrogens (tertiary/aromatic N) is 2. The number of hydrogen-bond donors (Lipinski definition) is 1. The largest absolute Gasteiger partial charge is 0.444 e. The molecule has 1 aliphatic rings. The Bertz CT molecular complexity index is 569. The molecule has 1 aromatic heterocycles. The zero-order chi connectivity index (χ0) is 12.7. The number of benzene rings is 1. The van der Waals surface area contributed by atoms with Gasteiger partial charge >= 0.3 is 0 Å². The molecular formula is C14H17N3O. The van der Waals surface area contributed by atoms with Crippen molar-refractivity contribution >= 4 is 5.69 Å². The van der Waals surface area contributed by atoms with E-state index in [4.69, 9.17) is 10.2 Å². The van der Waals surface area contributed by atoms with E-state index < -0.39 is 0 Å². The van der Waals surface area contributed by atoms with Crippen LogP contribution in [0.3, 0.4) is 0 Å². The van der Waals surface area contributed by atoms with Gasteiger partial charge in [-0.15, -0.1) is 0 Å². The Hall–Kier alpha value is -1.81. The molecule has 0 amide bonds. The first-order chi connectivity index (χ1) is 8.63. The van der Waals surface area contributed by atoms with Gasteiger partial charge in [-0.3, -0.25) is 4.90 Å². The normalized spacial score (nSPS) is 15.0. The number of anilines is 1. The van der Waals surface area contributed by atoms with E-state index in [1.807, 2.05) is 26.0 Å². The molecule has 1 aliphatic heterocycles. The van der Waals surface area contributed by atoms with Crippen LogP contribution in [-0.2, 0) is 19.6 Å². The average molecular weight is 243 g/mol. The van der Waals surface area contributed by atoms with Gasteiger partial charge in [-0.1, -0.05) is 12.1 Å². The molecule has 4 heteroatoms. The molecule has 0 saturated heterocycles. The number of oxazole rings is 1. The Morgan fingerprint density at radius 1 is 1.33 bits per heavy atom. The summed E-state index contributed by atoms with van der Waals surface area (Å²) in [6, 6.07) is 6.11. The molecule has 3 rings (SSSR count). The van der Waals surface area contributed by atoms with Crippen LogP contribution < -0.4 is 5.73 Å². The third-order valence-corrected chi connectivity index (χ3v) is 3.52. The van der Waals surface area contributed by atoms with Gasteiger partial charge in [0.25, 0.3) is 0 Å². The van der Waals surface area contributed by atoms with Crippen molar-refractivity contribution in [2.45, 2.75) is 33.5 Å². The van der Waals surface area contributed by atoms with Crippen LogP contribution in [-0.4, -0.2) is 9.88 Å². The summed E-state index contributed by atoms with van der Waals surface area (Å²) in [6.45, 7) is 6.45. The predicted octanol–water partition coefficient (Wildman–Crippen LogP) is 2.39. The number of nitrogen functional groups attached to an aromatic ring is 1. The summed E-state index contributed by atoms with van der Waals surface area (Å²) in [5, 5.41) is 0. The van der Waals surface area contributed by atoms with Gasteiger partial charge in [0.15, 0.2) is 0 Å². The third kappa shape index (κ3) is 1.88. The molecular weight excluding hydrogens is 226 g/mol. The minimum atomic E-state index is 0.739. The van der Waals surface area contributed by atoms with Gasteiger partial charge in [-0.25, -0.2) is 4.98 Å². The van der Waals surface area contributed by atoms with Crippen molar-refractivity contribution in [2.75, 3.05) is 5.73 Å². The van der Waals surface area contributed by atoms with Crippen molar-refractivity contribution in [3.05, 3.63) is 46.7 Å². The highest BCUT2D eigenvalue weighted by Crippen LogP contribution is 2.28. The van der Waals surface area contributed by atoms with Crippen LogP contribution in [0.1, 0.15) is 28.5 Å². The number of rotatable bonds is 2. The lowest BCUT2D eigenvalue weighted by Gasteiger charge is -2.11. The van der Waals surface area contributed by atoms with Crippen molar-refractivity contribution in [3.63, 3.8) is 0 Å². The molecule has 2 aromatic rings. The fourth-order valence-electron chi connectivity index (χ4n) is 2.43. The van der Waals surface area contributed by atoms with Crippen molar-refractivity contribution in [1.82, 2.24) is 9.88 Å². The lowest BCUT2D eigenvalue weighted by molar-refractivity contribution is 0.244. The van der Waals surface area contributed by atoms with E-state index in [0.717, 1.165) is 42.7 Å². The molecule has 1 aromatic carbocycles. The Morgan fingerprint density at radius 3 is 2.83 bits per heavy atom. The highest BCUT2D eigenvalue weighted by atomic mass is 16.4. The topological polar surface area (TPSA) is 55.3 Å². The van der Waals surface area contributed by atoms with Gasteiger partial charge in [0.1, 0.15) is 5.76 Å². The molecule has 0 unspecified atom stereocenters. The van der Waals surface area contributed by atoms with E-state index in [0.29, 0.717) is 0 Å². The maximum Gasteiger partial charge on any atom is 0.208 e. The zero-order valence-corrected chi connectivity index (χ0v) is 10.7. The summed E-state index contributed by atoms with van der Waals surface area (Å²) in [6.07, 6.45) is 0. The maximum absolute atomic E-state index is 5.99. The minimum Gasteiger partial charge on any atom is -0.444 e. The molecule has 0 fully saturated rings. The first-order valence-corrected chi connectivity index (χ1v) is 6.15. The molecule has 0 aliphatic carbocycles. The first-order valence-electron chi connectivity index (χ1n) is 6.15. The number of nitrogens with two attached hydrogens (primary N) is 1. The van der Waals surface area contributed by atoms with E-state index in [1.165, 1.54) is 11.1 Å². The highest BCUT2D eigenvalue weighted by Gasteiger charge is 2.22. The quantitative estimate of drug-likeness (QED) is 0.823. The van der Waals surface area contributed by atoms with Crippen LogP contribution >= 0.6 is 0 Å². The zero-order valence-electron chi connectivity index (χ0n) is 10.7. The minimum absolute atomic E-state index is 0.739. The summed E-state index contributed by atoms with van der Waals surface area (Å²) in [7, 11) is 0. The lowest BCUT2D eigenvalue weighted by atomic mass is 10.1. The lowest BCUT2D eigenvalue weighted by Crippen LogP contribution is -2.16. The molecule has 2 N–H and O–H groups in total. The monoisotopic (exact) mass is 243 g/mol. The van der Waals surface area contributed by atoms with Crippen LogP contribution in [0, 0.1) is 13.8 Å². The summed E-state index contributed by atoms with van der Waals surface area (Å²) >= 11 is 0. The summed E-state index contributed by atoms with van der Waals surface area (Å²) in [4.78, 5) is 6.72. The van der Waals surface area contributed by atoms with Crippen molar-refractivity contribution in [2.24, 2.45) is 0 Å². The van der Waals surface area contributed by atoms with Crippen LogP contribution in [0.4, 0.5) is 5.69 Å². The summed E-state index contributed by atoms with van der Waals surface area (Å²) in [5.41, 5.74) is 10.4. The predicted molar refractivity (Wildman–Crippen MR) is 69.8 cm³/mol. The van der Waals surface area contributed by atoms with Gasteiger partial charge in [0.05, 0.1) is 12.2 Å². The molecule has 0 saturated carbocycles. The molecule has 0 spiro atoms. The molecule has 0 atom stereocenters. The van der Waals surface area contributed by atoms with E-state index in [1.54, 1.807) is 0 Å². The Labute approximate surface area is 106 Å². The van der Waals surface area contributed by atoms with Gasteiger partial charge in [-0.05, 0) is 31.0 Å². The van der Waals surface area contributed by atoms with Crippen LogP contribution in [0.2, 0.25) is 0 Å². The highest BCUT2D eigenvalue weighted by molar-refractivity contribution is 5.52. The van der Waals surface area contributed by atoms with Gasteiger partial charge in [0.2, 0.25) is 5.89 Å². The summed E-state index contributed by atoms with van der Waals surface area (Å²) in [5.74, 6) is 1.69.